The van der Waals surface area contributed by atoms with Crippen LogP contribution in [0.5, 0.6) is 5.75 Å². The second-order valence-electron chi connectivity index (χ2n) is 5.16. The molecule has 0 aliphatic carbocycles. The van der Waals surface area contributed by atoms with E-state index in [1.807, 2.05) is 6.26 Å². The van der Waals surface area contributed by atoms with Crippen LogP contribution in [0.4, 0.5) is 10.2 Å². The third-order valence-corrected chi connectivity index (χ3v) is 5.03. The molecule has 3 heterocycles. The van der Waals surface area contributed by atoms with E-state index in [0.29, 0.717) is 52.6 Å². The summed E-state index contributed by atoms with van der Waals surface area (Å²) in [5, 5.41) is 1.19. The number of thioether (sulfide) groups is 1. The maximum Gasteiger partial charge on any atom is 0.189 e. The molecule has 0 N–H and O–H groups in total. The first-order valence-corrected chi connectivity index (χ1v) is 8.91. The number of anilines is 1. The molecule has 22 heavy (non-hydrogen) atoms. The number of rotatable bonds is 1. The Morgan fingerprint density at radius 2 is 2.27 bits per heavy atom. The molecule has 4 rings (SSSR count). The topological polar surface area (TPSA) is 47.5 Å². The van der Waals surface area contributed by atoms with E-state index in [-0.39, 0.29) is 11.9 Å². The lowest BCUT2D eigenvalue weighted by Gasteiger charge is -2.34. The van der Waals surface area contributed by atoms with Crippen LogP contribution in [0.15, 0.2) is 15.7 Å². The van der Waals surface area contributed by atoms with Crippen molar-refractivity contribution in [3.8, 4) is 5.75 Å². The van der Waals surface area contributed by atoms with Gasteiger partial charge in [-0.05, 0) is 28.3 Å². The summed E-state index contributed by atoms with van der Waals surface area (Å²) in [6, 6.07) is 1.73. The molecular weight excluding hydrogens is 373 g/mol. The number of morpholine rings is 1. The van der Waals surface area contributed by atoms with Crippen molar-refractivity contribution in [2.45, 2.75) is 11.2 Å². The van der Waals surface area contributed by atoms with Gasteiger partial charge in [-0.1, -0.05) is 11.8 Å². The van der Waals surface area contributed by atoms with Gasteiger partial charge in [0.15, 0.2) is 11.0 Å². The molecule has 0 unspecified atom stereocenters. The molecule has 0 saturated carbocycles. The highest BCUT2D eigenvalue weighted by Crippen LogP contribution is 2.41. The number of hydrogen-bond acceptors (Lipinski definition) is 6. The Morgan fingerprint density at radius 1 is 1.41 bits per heavy atom. The van der Waals surface area contributed by atoms with Gasteiger partial charge < -0.3 is 14.4 Å². The molecule has 2 aromatic rings. The number of benzene rings is 1. The lowest BCUT2D eigenvalue weighted by molar-refractivity contribution is 0.0782. The van der Waals surface area contributed by atoms with Crippen molar-refractivity contribution in [3.63, 3.8) is 0 Å². The number of fused-ring (bicyclic) bond motifs is 2. The molecule has 1 saturated heterocycles. The van der Waals surface area contributed by atoms with Gasteiger partial charge in [0.2, 0.25) is 0 Å². The van der Waals surface area contributed by atoms with Crippen LogP contribution in [0, 0.1) is 5.82 Å². The Hall–Kier alpha value is -1.12. The normalized spacial score (nSPS) is 20.5. The second kappa shape index (κ2) is 5.50. The van der Waals surface area contributed by atoms with Gasteiger partial charge >= 0.3 is 0 Å². The van der Waals surface area contributed by atoms with Crippen LogP contribution in [-0.2, 0) is 4.74 Å². The maximum absolute atomic E-state index is 14.5. The van der Waals surface area contributed by atoms with Gasteiger partial charge in [0, 0.05) is 6.54 Å². The quantitative estimate of drug-likeness (QED) is 0.555. The van der Waals surface area contributed by atoms with Crippen LogP contribution in [0.3, 0.4) is 0 Å². The van der Waals surface area contributed by atoms with Crippen molar-refractivity contribution < 1.29 is 13.9 Å². The minimum Gasteiger partial charge on any atom is -0.490 e. The van der Waals surface area contributed by atoms with E-state index < -0.39 is 0 Å². The molecule has 2 aliphatic rings. The first kappa shape index (κ1) is 14.5. The smallest absolute Gasteiger partial charge is 0.189 e. The predicted molar refractivity (Wildman–Crippen MR) is 86.4 cm³/mol. The third kappa shape index (κ3) is 2.16. The van der Waals surface area contributed by atoms with Crippen LogP contribution in [-0.4, -0.2) is 48.6 Å². The fourth-order valence-corrected chi connectivity index (χ4v) is 3.61. The SMILES string of the molecule is CSc1nc2c3c(cc(Br)c(F)c3n1)OC[C@@H]1COCCN21. The van der Waals surface area contributed by atoms with Crippen molar-refractivity contribution in [1.82, 2.24) is 9.97 Å². The zero-order valence-electron chi connectivity index (χ0n) is 11.8. The number of halogens is 2. The van der Waals surface area contributed by atoms with Crippen LogP contribution < -0.4 is 9.64 Å². The van der Waals surface area contributed by atoms with Gasteiger partial charge in [0.1, 0.15) is 23.7 Å². The van der Waals surface area contributed by atoms with Crippen LogP contribution in [0.1, 0.15) is 0 Å². The molecule has 2 aliphatic heterocycles. The molecule has 0 amide bonds. The van der Waals surface area contributed by atoms with Crippen LogP contribution in [0.2, 0.25) is 0 Å². The van der Waals surface area contributed by atoms with E-state index in [1.165, 1.54) is 11.8 Å². The highest BCUT2D eigenvalue weighted by molar-refractivity contribution is 9.10. The summed E-state index contributed by atoms with van der Waals surface area (Å²) in [7, 11) is 0. The Morgan fingerprint density at radius 3 is 3.09 bits per heavy atom. The zero-order valence-corrected chi connectivity index (χ0v) is 14.2. The Bertz CT molecular complexity index is 761. The molecule has 1 aromatic heterocycles. The monoisotopic (exact) mass is 385 g/mol. The summed E-state index contributed by atoms with van der Waals surface area (Å²) in [6.45, 7) is 2.41. The minimum absolute atomic E-state index is 0.0794. The highest BCUT2D eigenvalue weighted by Gasteiger charge is 2.32. The molecule has 116 valence electrons. The van der Waals surface area contributed by atoms with E-state index in [1.54, 1.807) is 6.07 Å². The number of ether oxygens (including phenoxy) is 2. The maximum atomic E-state index is 14.5. The largest absolute Gasteiger partial charge is 0.490 e. The molecule has 1 fully saturated rings. The summed E-state index contributed by atoms with van der Waals surface area (Å²) >= 11 is 4.65. The van der Waals surface area contributed by atoms with E-state index in [0.717, 1.165) is 5.82 Å². The van der Waals surface area contributed by atoms with Crippen molar-refractivity contribution >= 4 is 44.4 Å². The summed E-state index contributed by atoms with van der Waals surface area (Å²) < 4.78 is 26.3. The van der Waals surface area contributed by atoms with Gasteiger partial charge in [0.05, 0.1) is 29.1 Å². The van der Waals surface area contributed by atoms with Gasteiger partial charge in [-0.25, -0.2) is 14.4 Å². The predicted octanol–water partition coefficient (Wildman–Crippen LogP) is 2.85. The first-order valence-electron chi connectivity index (χ1n) is 6.90. The van der Waals surface area contributed by atoms with E-state index >= 15 is 0 Å². The molecular formula is C14H13BrFN3O2S. The third-order valence-electron chi connectivity index (χ3n) is 3.90. The van der Waals surface area contributed by atoms with Crippen molar-refractivity contribution in [2.24, 2.45) is 0 Å². The summed E-state index contributed by atoms with van der Waals surface area (Å²) in [4.78, 5) is 11.1. The zero-order chi connectivity index (χ0) is 15.3. The number of aromatic nitrogens is 2. The first-order chi connectivity index (χ1) is 10.7. The highest BCUT2D eigenvalue weighted by atomic mass is 79.9. The molecule has 1 atom stereocenters. The number of hydrogen-bond donors (Lipinski definition) is 0. The van der Waals surface area contributed by atoms with Gasteiger partial charge in [-0.15, -0.1) is 0 Å². The number of nitrogens with zero attached hydrogens (tertiary/aromatic N) is 3. The molecule has 8 heteroatoms. The standard InChI is InChI=1S/C14H13BrFN3O2S/c1-22-14-17-12-10-9(4-8(15)11(12)16)21-6-7-5-20-3-2-19(7)13(10)18-14/h4,7H,2-3,5-6H2,1H3/t7-/m0/s1. The molecule has 0 spiro atoms. The Kier molecular flexibility index (Phi) is 3.62. The minimum atomic E-state index is -0.381. The lowest BCUT2D eigenvalue weighted by atomic mass is 10.1. The molecule has 0 radical (unpaired) electrons. The Balaban J connectivity index is 2.05. The van der Waals surface area contributed by atoms with E-state index in [4.69, 9.17) is 9.47 Å². The van der Waals surface area contributed by atoms with Gasteiger partial charge in [-0.3, -0.25) is 0 Å². The van der Waals surface area contributed by atoms with Crippen molar-refractivity contribution in [2.75, 3.05) is 37.5 Å². The average molecular weight is 386 g/mol. The molecule has 0 bridgehead atoms. The van der Waals surface area contributed by atoms with Crippen molar-refractivity contribution in [3.05, 3.63) is 16.4 Å². The van der Waals surface area contributed by atoms with Crippen LogP contribution in [0.25, 0.3) is 10.9 Å². The molecule has 1 aromatic carbocycles. The van der Waals surface area contributed by atoms with E-state index in [9.17, 15) is 4.39 Å². The lowest BCUT2D eigenvalue weighted by Crippen LogP contribution is -2.48. The van der Waals surface area contributed by atoms with Gasteiger partial charge in [0.25, 0.3) is 0 Å². The van der Waals surface area contributed by atoms with E-state index in [2.05, 4.69) is 30.8 Å². The average Bonchev–Trinajstić information content (AvgIpc) is 2.70. The van der Waals surface area contributed by atoms with Gasteiger partial charge in [-0.2, -0.15) is 0 Å². The second-order valence-corrected chi connectivity index (χ2v) is 6.79. The summed E-state index contributed by atoms with van der Waals surface area (Å²) in [5.74, 6) is 0.967. The summed E-state index contributed by atoms with van der Waals surface area (Å²) in [6.07, 6.45) is 1.88. The summed E-state index contributed by atoms with van der Waals surface area (Å²) in [5.41, 5.74) is 0.297. The van der Waals surface area contributed by atoms with Crippen LogP contribution >= 0.6 is 27.7 Å². The fraction of sp³-hybridized carbons (Fsp3) is 0.429. The van der Waals surface area contributed by atoms with Crippen molar-refractivity contribution in [1.29, 1.82) is 0 Å². The molecule has 5 nitrogen and oxygen atoms in total. The Labute approximate surface area is 139 Å². The fourth-order valence-electron chi connectivity index (χ4n) is 2.85.